The Kier molecular flexibility index (Phi) is 2.92. The number of halogens is 3. The van der Waals surface area contributed by atoms with Gasteiger partial charge in [-0.25, -0.2) is 0 Å². The van der Waals surface area contributed by atoms with Crippen LogP contribution in [0.1, 0.15) is 37.8 Å². The highest BCUT2D eigenvalue weighted by molar-refractivity contribution is 5.83. The smallest absolute Gasteiger partial charge is 0.416 e. The summed E-state index contributed by atoms with van der Waals surface area (Å²) in [6.07, 6.45) is -3.73. The Bertz CT molecular complexity index is 510. The maximum Gasteiger partial charge on any atom is 0.416 e. The van der Waals surface area contributed by atoms with E-state index in [0.29, 0.717) is 12.8 Å². The Hall–Kier alpha value is -1.52. The lowest BCUT2D eigenvalue weighted by atomic mass is 9.52. The fourth-order valence-corrected chi connectivity index (χ4v) is 3.05. The molecule has 1 aliphatic carbocycles. The number of carboxylic acid groups (broad SMARTS) is 1. The standard InChI is InChI=1S/C14H15F3O2/c1-12(2)7-13(8-12,11(18)19)9-4-3-5-10(6-9)14(15,16)17/h3-6H,7-8H2,1-2H3,(H,18,19). The molecular formula is C14H15F3O2. The summed E-state index contributed by atoms with van der Waals surface area (Å²) in [6.45, 7) is 3.84. The summed E-state index contributed by atoms with van der Waals surface area (Å²) in [5.41, 5.74) is -1.87. The van der Waals surface area contributed by atoms with Crippen LogP contribution in [0.5, 0.6) is 0 Å². The predicted molar refractivity (Wildman–Crippen MR) is 63.8 cm³/mol. The molecule has 1 saturated carbocycles. The summed E-state index contributed by atoms with van der Waals surface area (Å²) in [6, 6.07) is 4.67. The lowest BCUT2D eigenvalue weighted by Gasteiger charge is -2.50. The van der Waals surface area contributed by atoms with E-state index in [1.54, 1.807) is 0 Å². The van der Waals surface area contributed by atoms with E-state index in [2.05, 4.69) is 0 Å². The molecule has 0 amide bonds. The number of hydrogen-bond donors (Lipinski definition) is 1. The first-order valence-electron chi connectivity index (χ1n) is 5.98. The second-order valence-corrected chi connectivity index (χ2v) is 5.98. The summed E-state index contributed by atoms with van der Waals surface area (Å²) >= 11 is 0. The van der Waals surface area contributed by atoms with Gasteiger partial charge in [0.05, 0.1) is 11.0 Å². The van der Waals surface area contributed by atoms with Gasteiger partial charge >= 0.3 is 12.1 Å². The minimum atomic E-state index is -4.45. The van der Waals surface area contributed by atoms with Crippen LogP contribution in [0.15, 0.2) is 24.3 Å². The Labute approximate surface area is 109 Å². The van der Waals surface area contributed by atoms with Crippen LogP contribution < -0.4 is 0 Å². The van der Waals surface area contributed by atoms with E-state index in [9.17, 15) is 23.1 Å². The molecule has 0 aliphatic heterocycles. The second kappa shape index (κ2) is 3.99. The van der Waals surface area contributed by atoms with Crippen LogP contribution in [0.2, 0.25) is 0 Å². The van der Waals surface area contributed by atoms with Gasteiger partial charge in [0.15, 0.2) is 0 Å². The highest BCUT2D eigenvalue weighted by Gasteiger charge is 2.55. The topological polar surface area (TPSA) is 37.3 Å². The van der Waals surface area contributed by atoms with E-state index in [1.165, 1.54) is 12.1 Å². The minimum absolute atomic E-state index is 0.146. The van der Waals surface area contributed by atoms with E-state index in [1.807, 2.05) is 13.8 Å². The van der Waals surface area contributed by atoms with Crippen molar-refractivity contribution < 1.29 is 23.1 Å². The van der Waals surface area contributed by atoms with Crippen LogP contribution in [-0.2, 0) is 16.4 Å². The molecule has 2 rings (SSSR count). The molecular weight excluding hydrogens is 257 g/mol. The van der Waals surface area contributed by atoms with Gasteiger partial charge in [0, 0.05) is 0 Å². The summed E-state index contributed by atoms with van der Waals surface area (Å²) < 4.78 is 38.1. The number of aliphatic carboxylic acids is 1. The maximum absolute atomic E-state index is 12.7. The van der Waals surface area contributed by atoms with Crippen molar-refractivity contribution in [2.75, 3.05) is 0 Å². The molecule has 0 saturated heterocycles. The Morgan fingerprint density at radius 3 is 2.26 bits per heavy atom. The molecule has 0 aromatic heterocycles. The number of rotatable bonds is 2. The fourth-order valence-electron chi connectivity index (χ4n) is 3.05. The van der Waals surface area contributed by atoms with Gasteiger partial charge < -0.3 is 5.11 Å². The largest absolute Gasteiger partial charge is 0.481 e. The quantitative estimate of drug-likeness (QED) is 0.888. The molecule has 0 bridgehead atoms. The van der Waals surface area contributed by atoms with Crippen LogP contribution in [0.3, 0.4) is 0 Å². The first-order chi connectivity index (χ1) is 8.57. The second-order valence-electron chi connectivity index (χ2n) is 5.98. The lowest BCUT2D eigenvalue weighted by Crippen LogP contribution is -2.52. The molecule has 0 atom stereocenters. The Balaban J connectivity index is 2.43. The van der Waals surface area contributed by atoms with Gasteiger partial charge in [0.2, 0.25) is 0 Å². The van der Waals surface area contributed by atoms with Crippen molar-refractivity contribution >= 4 is 5.97 Å². The zero-order valence-electron chi connectivity index (χ0n) is 10.7. The lowest BCUT2D eigenvalue weighted by molar-refractivity contribution is -0.153. The molecule has 1 N–H and O–H groups in total. The molecule has 104 valence electrons. The number of hydrogen-bond acceptors (Lipinski definition) is 1. The number of benzene rings is 1. The molecule has 2 nitrogen and oxygen atoms in total. The normalized spacial score (nSPS) is 20.7. The van der Waals surface area contributed by atoms with E-state index < -0.39 is 23.1 Å². The summed E-state index contributed by atoms with van der Waals surface area (Å²) in [5.74, 6) is -1.05. The molecule has 0 unspecified atom stereocenters. The van der Waals surface area contributed by atoms with Crippen molar-refractivity contribution in [3.8, 4) is 0 Å². The van der Waals surface area contributed by atoms with Crippen LogP contribution in [-0.4, -0.2) is 11.1 Å². The highest BCUT2D eigenvalue weighted by atomic mass is 19.4. The monoisotopic (exact) mass is 272 g/mol. The van der Waals surface area contributed by atoms with Crippen LogP contribution in [0.4, 0.5) is 13.2 Å². The summed E-state index contributed by atoms with van der Waals surface area (Å²) in [5, 5.41) is 9.38. The van der Waals surface area contributed by atoms with Crippen molar-refractivity contribution in [1.82, 2.24) is 0 Å². The SMILES string of the molecule is CC1(C)CC(C(=O)O)(c2cccc(C(F)(F)F)c2)C1. The van der Waals surface area contributed by atoms with Crippen LogP contribution in [0.25, 0.3) is 0 Å². The van der Waals surface area contributed by atoms with E-state index >= 15 is 0 Å². The predicted octanol–water partition coefficient (Wildman–Crippen LogP) is 3.85. The van der Waals surface area contributed by atoms with Crippen molar-refractivity contribution in [2.45, 2.75) is 38.3 Å². The average molecular weight is 272 g/mol. The first kappa shape index (κ1) is 13.9. The molecule has 5 heteroatoms. The third kappa shape index (κ3) is 2.33. The van der Waals surface area contributed by atoms with Gasteiger partial charge in [0.1, 0.15) is 0 Å². The molecule has 1 aliphatic rings. The van der Waals surface area contributed by atoms with Gasteiger partial charge in [-0.2, -0.15) is 13.2 Å². The maximum atomic E-state index is 12.7. The third-order valence-electron chi connectivity index (χ3n) is 3.71. The van der Waals surface area contributed by atoms with Crippen molar-refractivity contribution in [2.24, 2.45) is 5.41 Å². The molecule has 1 aromatic carbocycles. The van der Waals surface area contributed by atoms with E-state index in [0.717, 1.165) is 12.1 Å². The molecule has 0 radical (unpaired) electrons. The van der Waals surface area contributed by atoms with Crippen molar-refractivity contribution in [1.29, 1.82) is 0 Å². The van der Waals surface area contributed by atoms with Crippen LogP contribution >= 0.6 is 0 Å². The average Bonchev–Trinajstić information content (AvgIpc) is 2.24. The number of carboxylic acids is 1. The molecule has 0 heterocycles. The third-order valence-corrected chi connectivity index (χ3v) is 3.71. The van der Waals surface area contributed by atoms with Gasteiger partial charge in [-0.1, -0.05) is 32.0 Å². The van der Waals surface area contributed by atoms with E-state index in [-0.39, 0.29) is 11.0 Å². The number of carbonyl (C=O) groups is 1. The van der Waals surface area contributed by atoms with Gasteiger partial charge in [-0.3, -0.25) is 4.79 Å². The zero-order chi connectivity index (χ0) is 14.5. The van der Waals surface area contributed by atoms with Gasteiger partial charge in [-0.15, -0.1) is 0 Å². The van der Waals surface area contributed by atoms with Gasteiger partial charge in [-0.05, 0) is 29.9 Å². The zero-order valence-corrected chi connectivity index (χ0v) is 10.7. The molecule has 19 heavy (non-hydrogen) atoms. The highest BCUT2D eigenvalue weighted by Crippen LogP contribution is 2.55. The Morgan fingerprint density at radius 1 is 1.26 bits per heavy atom. The molecule has 0 spiro atoms. The van der Waals surface area contributed by atoms with Crippen molar-refractivity contribution in [3.05, 3.63) is 35.4 Å². The molecule has 1 fully saturated rings. The van der Waals surface area contributed by atoms with Crippen LogP contribution in [0, 0.1) is 5.41 Å². The fraction of sp³-hybridized carbons (Fsp3) is 0.500. The van der Waals surface area contributed by atoms with Gasteiger partial charge in [0.25, 0.3) is 0 Å². The minimum Gasteiger partial charge on any atom is -0.481 e. The van der Waals surface area contributed by atoms with E-state index in [4.69, 9.17) is 0 Å². The Morgan fingerprint density at radius 2 is 1.84 bits per heavy atom. The number of alkyl halides is 3. The first-order valence-corrected chi connectivity index (χ1v) is 5.98. The summed E-state index contributed by atoms with van der Waals surface area (Å²) in [7, 11) is 0. The van der Waals surface area contributed by atoms with Crippen molar-refractivity contribution in [3.63, 3.8) is 0 Å². The summed E-state index contributed by atoms with van der Waals surface area (Å²) in [4.78, 5) is 11.5. The molecule has 1 aromatic rings.